The lowest BCUT2D eigenvalue weighted by molar-refractivity contribution is -0.138. The van der Waals surface area contributed by atoms with E-state index in [9.17, 15) is 35.9 Å². The predicted molar refractivity (Wildman–Crippen MR) is 110 cm³/mol. The van der Waals surface area contributed by atoms with Gasteiger partial charge in [-0.2, -0.15) is 26.3 Å². The molecule has 0 spiro atoms. The van der Waals surface area contributed by atoms with Gasteiger partial charge in [0.25, 0.3) is 0 Å². The molecule has 178 valence electrons. The van der Waals surface area contributed by atoms with Gasteiger partial charge < -0.3 is 10.6 Å². The number of nitrogens with one attached hydrogen (secondary N) is 2. The molecular formula is C22H21F6N3O2. The van der Waals surface area contributed by atoms with Crippen LogP contribution in [0.5, 0.6) is 0 Å². The van der Waals surface area contributed by atoms with E-state index in [1.807, 2.05) is 0 Å². The van der Waals surface area contributed by atoms with Crippen LogP contribution in [0.25, 0.3) is 0 Å². The summed E-state index contributed by atoms with van der Waals surface area (Å²) in [5.74, 6) is -0.136. The fraction of sp³-hybridized carbons (Fsp3) is 0.364. The summed E-state index contributed by atoms with van der Waals surface area (Å²) in [4.78, 5) is 25.6. The molecule has 1 fully saturated rings. The van der Waals surface area contributed by atoms with Crippen LogP contribution < -0.4 is 15.5 Å². The summed E-state index contributed by atoms with van der Waals surface area (Å²) in [6.45, 7) is 0.124. The lowest BCUT2D eigenvalue weighted by Crippen LogP contribution is -2.37. The third-order valence-electron chi connectivity index (χ3n) is 4.98. The fourth-order valence-corrected chi connectivity index (χ4v) is 3.10. The van der Waals surface area contributed by atoms with Crippen LogP contribution in [-0.4, -0.2) is 25.0 Å². The van der Waals surface area contributed by atoms with Crippen LogP contribution in [0.2, 0.25) is 0 Å². The van der Waals surface area contributed by atoms with Gasteiger partial charge in [0.1, 0.15) is 0 Å². The van der Waals surface area contributed by atoms with Crippen molar-refractivity contribution in [1.82, 2.24) is 5.32 Å². The van der Waals surface area contributed by atoms with Gasteiger partial charge in [0.2, 0.25) is 5.91 Å². The zero-order chi connectivity index (χ0) is 24.2. The van der Waals surface area contributed by atoms with Gasteiger partial charge in [0.15, 0.2) is 0 Å². The van der Waals surface area contributed by atoms with Crippen molar-refractivity contribution >= 4 is 23.3 Å². The number of hydrogen-bond acceptors (Lipinski definition) is 2. The monoisotopic (exact) mass is 473 g/mol. The summed E-state index contributed by atoms with van der Waals surface area (Å²) in [7, 11) is 0. The summed E-state index contributed by atoms with van der Waals surface area (Å²) in [5.41, 5.74) is -2.19. The molecule has 5 nitrogen and oxygen atoms in total. The number of amides is 3. The molecule has 1 aliphatic carbocycles. The Bertz CT molecular complexity index is 1000. The van der Waals surface area contributed by atoms with Crippen molar-refractivity contribution in [2.24, 2.45) is 5.92 Å². The van der Waals surface area contributed by atoms with E-state index in [-0.39, 0.29) is 42.7 Å². The topological polar surface area (TPSA) is 61.4 Å². The molecule has 2 N–H and O–H groups in total. The molecule has 0 unspecified atom stereocenters. The lowest BCUT2D eigenvalue weighted by Gasteiger charge is -2.24. The van der Waals surface area contributed by atoms with Crippen LogP contribution in [0.3, 0.4) is 0 Å². The summed E-state index contributed by atoms with van der Waals surface area (Å²) in [6.07, 6.45) is -7.42. The van der Waals surface area contributed by atoms with Crippen molar-refractivity contribution in [2.45, 2.75) is 31.6 Å². The van der Waals surface area contributed by atoms with Gasteiger partial charge in [0, 0.05) is 30.4 Å². The van der Waals surface area contributed by atoms with Crippen LogP contribution in [0, 0.1) is 5.92 Å². The minimum absolute atomic E-state index is 0.0197. The number of urea groups is 1. The van der Waals surface area contributed by atoms with Gasteiger partial charge in [-0.25, -0.2) is 4.79 Å². The number of nitrogens with zero attached hydrogens (tertiary/aromatic N) is 1. The normalized spacial score (nSPS) is 14.0. The van der Waals surface area contributed by atoms with E-state index in [1.54, 1.807) is 0 Å². The number of carbonyl (C=O) groups excluding carboxylic acids is 2. The Hall–Kier alpha value is -3.24. The first-order chi connectivity index (χ1) is 15.4. The van der Waals surface area contributed by atoms with E-state index >= 15 is 0 Å². The maximum Gasteiger partial charge on any atom is 0.416 e. The summed E-state index contributed by atoms with van der Waals surface area (Å²) >= 11 is 0. The maximum absolute atomic E-state index is 13.1. The van der Waals surface area contributed by atoms with Crippen LogP contribution in [0.1, 0.15) is 30.4 Å². The van der Waals surface area contributed by atoms with Crippen LogP contribution >= 0.6 is 0 Å². The van der Waals surface area contributed by atoms with Crippen molar-refractivity contribution in [3.05, 3.63) is 59.7 Å². The smallest absolute Gasteiger partial charge is 0.356 e. The zero-order valence-electron chi connectivity index (χ0n) is 17.3. The van der Waals surface area contributed by atoms with Crippen LogP contribution in [0.15, 0.2) is 48.5 Å². The first-order valence-corrected chi connectivity index (χ1v) is 10.2. The molecule has 1 saturated carbocycles. The van der Waals surface area contributed by atoms with Gasteiger partial charge in [-0.15, -0.1) is 0 Å². The lowest BCUT2D eigenvalue weighted by atomic mass is 10.1. The Morgan fingerprint density at radius 1 is 0.909 bits per heavy atom. The van der Waals surface area contributed by atoms with Crippen LogP contribution in [-0.2, 0) is 17.1 Å². The van der Waals surface area contributed by atoms with Crippen molar-refractivity contribution < 1.29 is 35.9 Å². The molecule has 2 aromatic rings. The van der Waals surface area contributed by atoms with Crippen molar-refractivity contribution in [1.29, 1.82) is 0 Å². The van der Waals surface area contributed by atoms with E-state index in [4.69, 9.17) is 0 Å². The molecule has 0 aliphatic heterocycles. The molecule has 3 amide bonds. The standard InChI is InChI=1S/C22H21F6N3O2/c23-21(24,25)15-4-1-6-17(12-15)30-20(33)31(11-3-10-29-19(32)14-8-9-14)18-7-2-5-16(13-18)22(26,27)28/h1-2,4-7,12-14H,3,8-11H2,(H,29,32)(H,30,33). The predicted octanol–water partition coefficient (Wildman–Crippen LogP) is 5.68. The molecule has 0 saturated heterocycles. The zero-order valence-corrected chi connectivity index (χ0v) is 17.3. The first-order valence-electron chi connectivity index (χ1n) is 10.2. The number of benzene rings is 2. The van der Waals surface area contributed by atoms with E-state index in [0.29, 0.717) is 0 Å². The number of hydrogen-bond donors (Lipinski definition) is 2. The molecule has 1 aliphatic rings. The van der Waals surface area contributed by atoms with E-state index < -0.39 is 29.5 Å². The Morgan fingerprint density at radius 3 is 2.12 bits per heavy atom. The molecule has 3 rings (SSSR count). The highest BCUT2D eigenvalue weighted by molar-refractivity contribution is 6.01. The largest absolute Gasteiger partial charge is 0.416 e. The van der Waals surface area contributed by atoms with Gasteiger partial charge in [-0.1, -0.05) is 12.1 Å². The molecule has 33 heavy (non-hydrogen) atoms. The third-order valence-corrected chi connectivity index (χ3v) is 4.98. The highest BCUT2D eigenvalue weighted by Crippen LogP contribution is 2.33. The molecule has 2 aromatic carbocycles. The highest BCUT2D eigenvalue weighted by atomic mass is 19.4. The Kier molecular flexibility index (Phi) is 7.19. The number of halogens is 6. The van der Waals surface area contributed by atoms with Crippen LogP contribution in [0.4, 0.5) is 42.5 Å². The minimum Gasteiger partial charge on any atom is -0.356 e. The number of alkyl halides is 6. The summed E-state index contributed by atoms with van der Waals surface area (Å²) < 4.78 is 78.3. The fourth-order valence-electron chi connectivity index (χ4n) is 3.10. The van der Waals surface area contributed by atoms with Gasteiger partial charge in [0.05, 0.1) is 11.1 Å². The molecule has 0 aromatic heterocycles. The molecule has 0 heterocycles. The minimum atomic E-state index is -4.64. The Morgan fingerprint density at radius 2 is 1.52 bits per heavy atom. The molecule has 0 atom stereocenters. The maximum atomic E-state index is 13.1. The second kappa shape index (κ2) is 9.72. The number of rotatable bonds is 7. The first kappa shape index (κ1) is 24.4. The average Bonchev–Trinajstić information content (AvgIpc) is 3.58. The Balaban J connectivity index is 1.77. The van der Waals surface area contributed by atoms with Gasteiger partial charge >= 0.3 is 18.4 Å². The van der Waals surface area contributed by atoms with E-state index in [0.717, 1.165) is 54.1 Å². The molecule has 11 heteroatoms. The molecule has 0 radical (unpaired) electrons. The van der Waals surface area contributed by atoms with Gasteiger partial charge in [-0.3, -0.25) is 9.69 Å². The van der Waals surface area contributed by atoms with Crippen molar-refractivity contribution in [3.8, 4) is 0 Å². The number of anilines is 2. The SMILES string of the molecule is O=C(NCCCN(C(=O)Nc1cccc(C(F)(F)F)c1)c1cccc(C(F)(F)F)c1)C1CC1. The van der Waals surface area contributed by atoms with E-state index in [1.165, 1.54) is 12.1 Å². The Labute approximate surface area is 185 Å². The highest BCUT2D eigenvalue weighted by Gasteiger charge is 2.32. The third kappa shape index (κ3) is 6.87. The summed E-state index contributed by atoms with van der Waals surface area (Å²) in [6, 6.07) is 7.09. The van der Waals surface area contributed by atoms with Gasteiger partial charge in [-0.05, 0) is 55.7 Å². The number of carbonyl (C=O) groups is 2. The molecular weight excluding hydrogens is 452 g/mol. The quantitative estimate of drug-likeness (QED) is 0.402. The van der Waals surface area contributed by atoms with E-state index in [2.05, 4.69) is 10.6 Å². The summed E-state index contributed by atoms with van der Waals surface area (Å²) in [5, 5.41) is 5.00. The second-order valence-electron chi connectivity index (χ2n) is 7.63. The molecule has 0 bridgehead atoms. The second-order valence-corrected chi connectivity index (χ2v) is 7.63. The average molecular weight is 473 g/mol. The van der Waals surface area contributed by atoms with Crippen molar-refractivity contribution in [3.63, 3.8) is 0 Å². The van der Waals surface area contributed by atoms with Crippen molar-refractivity contribution in [2.75, 3.05) is 23.3 Å².